The minimum absolute atomic E-state index is 0.00978. The Balaban J connectivity index is 1.53. The topological polar surface area (TPSA) is 118 Å². The van der Waals surface area contributed by atoms with Crippen molar-refractivity contribution < 1.29 is 24.2 Å². The van der Waals surface area contributed by atoms with Crippen LogP contribution in [0.25, 0.3) is 11.0 Å². The number of benzene rings is 1. The molecule has 3 unspecified atom stereocenters. The summed E-state index contributed by atoms with van der Waals surface area (Å²) in [6.07, 6.45) is 3.51. The lowest BCUT2D eigenvalue weighted by atomic mass is 9.66. The van der Waals surface area contributed by atoms with E-state index in [1.165, 1.54) is 0 Å². The number of hydrogen-bond acceptors (Lipinski definition) is 8. The van der Waals surface area contributed by atoms with Crippen molar-refractivity contribution in [3.8, 4) is 0 Å². The number of fused-ring (bicyclic) bond motifs is 2. The molecule has 1 aromatic heterocycles. The average molecular weight is 542 g/mol. The predicted molar refractivity (Wildman–Crippen MR) is 143 cm³/mol. The zero-order valence-corrected chi connectivity index (χ0v) is 22.7. The summed E-state index contributed by atoms with van der Waals surface area (Å²) in [7, 11) is 0. The van der Waals surface area contributed by atoms with Gasteiger partial charge < -0.3 is 19.6 Å². The maximum absolute atomic E-state index is 14.5. The van der Waals surface area contributed by atoms with Gasteiger partial charge in [0.05, 0.1) is 28.7 Å². The van der Waals surface area contributed by atoms with Crippen molar-refractivity contribution >= 4 is 40.6 Å². The molecule has 4 heterocycles. The number of nitrogens with zero attached hydrogens (tertiary/aromatic N) is 5. The third kappa shape index (κ3) is 4.10. The monoisotopic (exact) mass is 541 g/mol. The number of unbranched alkanes of at least 4 members (excludes halogenated alkanes) is 1. The van der Waals surface area contributed by atoms with Gasteiger partial charge in [0.2, 0.25) is 11.8 Å². The van der Waals surface area contributed by atoms with Crippen LogP contribution in [0.1, 0.15) is 33.1 Å². The molecule has 5 rings (SSSR count). The molecular formula is C27H35N5O5S. The molecule has 2 bridgehead atoms. The van der Waals surface area contributed by atoms with Gasteiger partial charge in [0.25, 0.3) is 0 Å². The van der Waals surface area contributed by atoms with Crippen LogP contribution in [0.5, 0.6) is 0 Å². The molecule has 1 aromatic carbocycles. The minimum atomic E-state index is -0.738. The van der Waals surface area contributed by atoms with Crippen molar-refractivity contribution in [3.05, 3.63) is 36.9 Å². The zero-order chi connectivity index (χ0) is 27.0. The number of amides is 2. The summed E-state index contributed by atoms with van der Waals surface area (Å²) in [5, 5.41) is 17.8. The highest BCUT2D eigenvalue weighted by molar-refractivity contribution is 8.02. The number of aromatic nitrogens is 3. The molecule has 3 aliphatic rings. The quantitative estimate of drug-likeness (QED) is 0.261. The first-order chi connectivity index (χ1) is 18.4. The van der Waals surface area contributed by atoms with E-state index in [0.29, 0.717) is 19.4 Å². The van der Waals surface area contributed by atoms with Crippen LogP contribution in [-0.4, -0.2) is 90.0 Å². The van der Waals surface area contributed by atoms with Crippen molar-refractivity contribution in [2.24, 2.45) is 17.8 Å². The van der Waals surface area contributed by atoms with Gasteiger partial charge in [0, 0.05) is 24.9 Å². The van der Waals surface area contributed by atoms with E-state index in [0.717, 1.165) is 17.5 Å². The first-order valence-electron chi connectivity index (χ1n) is 13.3. The van der Waals surface area contributed by atoms with E-state index in [9.17, 15) is 19.5 Å². The number of carbonyl (C=O) groups is 3. The Kier molecular flexibility index (Phi) is 7.50. The van der Waals surface area contributed by atoms with Crippen LogP contribution >= 0.6 is 11.8 Å². The number of thioether (sulfide) groups is 1. The Bertz CT molecular complexity index is 1240. The van der Waals surface area contributed by atoms with E-state index in [2.05, 4.69) is 23.8 Å². The Morgan fingerprint density at radius 3 is 2.87 bits per heavy atom. The molecule has 0 radical (unpaired) electrons. The zero-order valence-electron chi connectivity index (χ0n) is 21.9. The highest BCUT2D eigenvalue weighted by Crippen LogP contribution is 2.68. The number of para-hydroxylation sites is 1. The molecule has 204 valence electrons. The third-order valence-corrected chi connectivity index (χ3v) is 10.3. The standard InChI is InChI=1S/C27H35N5O5S/c1-4-12-30(16-32-19-11-7-6-10-18(19)28-29-32)25(35)23-27-17(3)15-20(38-27)21(26(36)37-5-2)22(27)24(34)31(23)13-8-9-14-33/h4,6-7,10-11,17,20-23,33H,1,5,8-9,12-16H2,2-3H3/t17?,20-,21+,22-,23?,27?/m0/s1. The normalized spacial score (nSPS) is 29.6. The summed E-state index contributed by atoms with van der Waals surface area (Å²) in [6.45, 7) is 8.75. The fourth-order valence-corrected chi connectivity index (χ4v) is 9.07. The van der Waals surface area contributed by atoms with Crippen molar-refractivity contribution in [1.82, 2.24) is 24.8 Å². The highest BCUT2D eigenvalue weighted by Gasteiger charge is 2.76. The fourth-order valence-electron chi connectivity index (χ4n) is 6.67. The van der Waals surface area contributed by atoms with Gasteiger partial charge in [0.1, 0.15) is 18.2 Å². The van der Waals surface area contributed by atoms with Crippen LogP contribution in [0.4, 0.5) is 0 Å². The number of ether oxygens (including phenoxy) is 1. The number of hydrogen-bond donors (Lipinski definition) is 1. The van der Waals surface area contributed by atoms with Crippen LogP contribution in [0.2, 0.25) is 0 Å². The fraction of sp³-hybridized carbons (Fsp3) is 0.593. The molecule has 3 saturated heterocycles. The molecule has 0 aliphatic carbocycles. The summed E-state index contributed by atoms with van der Waals surface area (Å²) >= 11 is 1.63. The van der Waals surface area contributed by atoms with E-state index in [1.54, 1.807) is 39.2 Å². The number of esters is 1. The summed E-state index contributed by atoms with van der Waals surface area (Å²) in [4.78, 5) is 45.0. The number of rotatable bonds is 11. The molecule has 3 fully saturated rings. The van der Waals surface area contributed by atoms with Crippen molar-refractivity contribution in [2.45, 2.75) is 55.8 Å². The van der Waals surface area contributed by atoms with E-state index < -0.39 is 22.6 Å². The highest BCUT2D eigenvalue weighted by atomic mass is 32.2. The molecular weight excluding hydrogens is 506 g/mol. The molecule has 10 nitrogen and oxygen atoms in total. The van der Waals surface area contributed by atoms with Gasteiger partial charge in [-0.15, -0.1) is 23.4 Å². The molecule has 1 spiro atoms. The molecule has 1 N–H and O–H groups in total. The number of aliphatic hydroxyl groups is 1. The molecule has 3 aliphatic heterocycles. The van der Waals surface area contributed by atoms with Crippen LogP contribution < -0.4 is 0 Å². The number of carbonyl (C=O) groups excluding carboxylic acids is 3. The summed E-state index contributed by atoms with van der Waals surface area (Å²) in [5.41, 5.74) is 1.54. The first-order valence-corrected chi connectivity index (χ1v) is 14.2. The summed E-state index contributed by atoms with van der Waals surface area (Å²) < 4.78 is 6.37. The number of likely N-dealkylation sites (tertiary alicyclic amines) is 1. The largest absolute Gasteiger partial charge is 0.466 e. The molecule has 0 saturated carbocycles. The van der Waals surface area contributed by atoms with Crippen molar-refractivity contribution in [3.63, 3.8) is 0 Å². The molecule has 2 amide bonds. The maximum atomic E-state index is 14.5. The van der Waals surface area contributed by atoms with E-state index in [-0.39, 0.29) is 55.4 Å². The second kappa shape index (κ2) is 10.7. The lowest BCUT2D eigenvalue weighted by Crippen LogP contribution is -2.57. The van der Waals surface area contributed by atoms with Crippen molar-refractivity contribution in [1.29, 1.82) is 0 Å². The van der Waals surface area contributed by atoms with Crippen molar-refractivity contribution in [2.75, 3.05) is 26.3 Å². The van der Waals surface area contributed by atoms with Crippen LogP contribution in [0.15, 0.2) is 36.9 Å². The molecule has 38 heavy (non-hydrogen) atoms. The van der Waals surface area contributed by atoms with E-state index in [1.807, 2.05) is 24.3 Å². The lowest BCUT2D eigenvalue weighted by Gasteiger charge is -2.40. The Labute approximate surface area is 226 Å². The molecule has 11 heteroatoms. The van der Waals surface area contributed by atoms with Gasteiger partial charge >= 0.3 is 5.97 Å². The third-order valence-electron chi connectivity index (χ3n) is 8.23. The Morgan fingerprint density at radius 1 is 1.34 bits per heavy atom. The molecule has 2 aromatic rings. The van der Waals surface area contributed by atoms with Gasteiger partial charge in [-0.1, -0.05) is 30.3 Å². The van der Waals surface area contributed by atoms with E-state index >= 15 is 0 Å². The van der Waals surface area contributed by atoms with Gasteiger partial charge in [-0.05, 0) is 44.2 Å². The van der Waals surface area contributed by atoms with E-state index in [4.69, 9.17) is 4.74 Å². The van der Waals surface area contributed by atoms with Gasteiger partial charge in [0.15, 0.2) is 0 Å². The SMILES string of the molecule is C=CCN(Cn1nnc2ccccc21)C(=O)C1N(CCCCO)C(=O)[C@@H]2[C@H](C(=O)OCC)[C@@H]3CC(C)C12S3. The maximum Gasteiger partial charge on any atom is 0.310 e. The smallest absolute Gasteiger partial charge is 0.310 e. The van der Waals surface area contributed by atoms with Crippen LogP contribution in [-0.2, 0) is 25.8 Å². The van der Waals surface area contributed by atoms with Gasteiger partial charge in [-0.2, -0.15) is 0 Å². The van der Waals surface area contributed by atoms with Gasteiger partial charge in [-0.3, -0.25) is 14.4 Å². The van der Waals surface area contributed by atoms with Crippen LogP contribution in [0, 0.1) is 17.8 Å². The lowest BCUT2D eigenvalue weighted by molar-refractivity contribution is -0.154. The molecule has 6 atom stereocenters. The second-order valence-electron chi connectivity index (χ2n) is 10.3. The minimum Gasteiger partial charge on any atom is -0.466 e. The second-order valence-corrected chi connectivity index (χ2v) is 11.9. The number of aliphatic hydroxyl groups excluding tert-OH is 1. The Morgan fingerprint density at radius 2 is 2.13 bits per heavy atom. The first kappa shape index (κ1) is 26.7. The van der Waals surface area contributed by atoms with Gasteiger partial charge in [-0.25, -0.2) is 4.68 Å². The summed E-state index contributed by atoms with van der Waals surface area (Å²) in [5.74, 6) is -1.81. The Hall–Kier alpha value is -2.92. The van der Waals surface area contributed by atoms with Crippen LogP contribution in [0.3, 0.4) is 0 Å². The summed E-state index contributed by atoms with van der Waals surface area (Å²) in [6, 6.07) is 6.82. The predicted octanol–water partition coefficient (Wildman–Crippen LogP) is 2.08. The average Bonchev–Trinajstić information content (AvgIpc) is 3.62.